The molecule has 1 aliphatic rings. The number of unbranched alkanes of at least 4 members (excludes halogenated alkanes) is 1. The minimum absolute atomic E-state index is 0.157. The summed E-state index contributed by atoms with van der Waals surface area (Å²) in [7, 11) is 0. The van der Waals surface area contributed by atoms with Gasteiger partial charge in [-0.05, 0) is 58.9 Å². The molecule has 0 aromatic rings. The number of ether oxygens (including phenoxy) is 1. The van der Waals surface area contributed by atoms with Gasteiger partial charge in [-0.2, -0.15) is 13.2 Å². The maximum absolute atomic E-state index is 12.1. The first-order valence-electron chi connectivity index (χ1n) is 8.34. The van der Waals surface area contributed by atoms with Crippen LogP contribution in [0.1, 0.15) is 59.3 Å². The van der Waals surface area contributed by atoms with E-state index in [1.54, 1.807) is 0 Å². The molecule has 1 rings (SSSR count). The van der Waals surface area contributed by atoms with E-state index in [0.717, 1.165) is 19.3 Å². The van der Waals surface area contributed by atoms with Gasteiger partial charge in [0.1, 0.15) is 5.60 Å². The third kappa shape index (κ3) is 9.69. The fourth-order valence-electron chi connectivity index (χ4n) is 2.82. The zero-order chi connectivity index (χ0) is 17.5. The molecular formula is C16H29F3N2O2. The minimum atomic E-state index is -4.06. The molecule has 0 heterocycles. The lowest BCUT2D eigenvalue weighted by Gasteiger charge is -2.23. The molecule has 23 heavy (non-hydrogen) atoms. The van der Waals surface area contributed by atoms with E-state index in [2.05, 4.69) is 10.6 Å². The van der Waals surface area contributed by atoms with Gasteiger partial charge in [0.05, 0.1) is 0 Å². The monoisotopic (exact) mass is 338 g/mol. The number of halogens is 3. The summed E-state index contributed by atoms with van der Waals surface area (Å²) in [6, 6.07) is 0.260. The maximum Gasteiger partial charge on any atom is 0.407 e. The molecule has 2 atom stereocenters. The highest BCUT2D eigenvalue weighted by Crippen LogP contribution is 2.26. The summed E-state index contributed by atoms with van der Waals surface area (Å²) in [6.45, 7) is 6.56. The first-order chi connectivity index (χ1) is 10.6. The Morgan fingerprint density at radius 1 is 1.17 bits per heavy atom. The van der Waals surface area contributed by atoms with Gasteiger partial charge < -0.3 is 15.4 Å². The van der Waals surface area contributed by atoms with E-state index in [0.29, 0.717) is 25.4 Å². The van der Waals surface area contributed by atoms with Gasteiger partial charge in [-0.25, -0.2) is 4.79 Å². The zero-order valence-electron chi connectivity index (χ0n) is 14.3. The number of rotatable bonds is 7. The van der Waals surface area contributed by atoms with Gasteiger partial charge in [0.15, 0.2) is 0 Å². The summed E-state index contributed by atoms with van der Waals surface area (Å²) in [5, 5.41) is 6.11. The van der Waals surface area contributed by atoms with Crippen LogP contribution < -0.4 is 10.6 Å². The average Bonchev–Trinajstić information content (AvgIpc) is 2.80. The van der Waals surface area contributed by atoms with E-state index < -0.39 is 24.3 Å². The van der Waals surface area contributed by atoms with Gasteiger partial charge in [-0.1, -0.05) is 6.42 Å². The molecule has 136 valence electrons. The van der Waals surface area contributed by atoms with E-state index in [1.807, 2.05) is 20.8 Å². The molecule has 1 amide bonds. The number of hydrogen-bond acceptors (Lipinski definition) is 3. The van der Waals surface area contributed by atoms with Crippen LogP contribution in [-0.4, -0.2) is 37.0 Å². The Balaban J connectivity index is 2.20. The molecule has 1 fully saturated rings. The van der Waals surface area contributed by atoms with E-state index in [9.17, 15) is 18.0 Å². The van der Waals surface area contributed by atoms with Crippen molar-refractivity contribution in [2.24, 2.45) is 5.92 Å². The van der Waals surface area contributed by atoms with Crippen molar-refractivity contribution in [3.05, 3.63) is 0 Å². The zero-order valence-corrected chi connectivity index (χ0v) is 14.3. The Labute approximate surface area is 136 Å². The van der Waals surface area contributed by atoms with Crippen LogP contribution in [0.15, 0.2) is 0 Å². The van der Waals surface area contributed by atoms with Crippen LogP contribution in [0.5, 0.6) is 0 Å². The number of alkyl carbamates (subject to hydrolysis) is 1. The van der Waals surface area contributed by atoms with Crippen LogP contribution in [0.3, 0.4) is 0 Å². The molecule has 0 aliphatic heterocycles. The molecule has 0 bridgehead atoms. The van der Waals surface area contributed by atoms with Crippen molar-refractivity contribution in [2.45, 2.75) is 77.1 Å². The largest absolute Gasteiger partial charge is 0.444 e. The molecule has 2 unspecified atom stereocenters. The molecular weight excluding hydrogens is 309 g/mol. The van der Waals surface area contributed by atoms with Gasteiger partial charge >= 0.3 is 12.3 Å². The van der Waals surface area contributed by atoms with Gasteiger partial charge in [0, 0.05) is 19.0 Å². The lowest BCUT2D eigenvalue weighted by Crippen LogP contribution is -2.41. The van der Waals surface area contributed by atoms with Crippen molar-refractivity contribution in [3.8, 4) is 0 Å². The van der Waals surface area contributed by atoms with Crippen LogP contribution in [0.25, 0.3) is 0 Å². The second-order valence-corrected chi connectivity index (χ2v) is 7.21. The number of carbonyl (C=O) groups excluding carboxylic acids is 1. The number of amides is 1. The SMILES string of the molecule is CC(C)(C)OC(=O)NCC1CCCC1NCCCCC(F)(F)F. The standard InChI is InChI=1S/C16H29F3N2O2/c1-15(2,3)23-14(22)21-11-12-7-6-8-13(12)20-10-5-4-9-16(17,18)19/h12-13,20H,4-11H2,1-3H3,(H,21,22). The smallest absolute Gasteiger partial charge is 0.407 e. The second kappa shape index (κ2) is 8.76. The van der Waals surface area contributed by atoms with Crippen molar-refractivity contribution in [2.75, 3.05) is 13.1 Å². The fourth-order valence-corrected chi connectivity index (χ4v) is 2.82. The summed E-state index contributed by atoms with van der Waals surface area (Å²) >= 11 is 0. The van der Waals surface area contributed by atoms with Gasteiger partial charge in [-0.15, -0.1) is 0 Å². The molecule has 1 saturated carbocycles. The molecule has 0 radical (unpaired) electrons. The third-order valence-corrected chi connectivity index (χ3v) is 3.86. The summed E-state index contributed by atoms with van der Waals surface area (Å²) in [4.78, 5) is 11.7. The Morgan fingerprint density at radius 3 is 2.48 bits per heavy atom. The number of alkyl halides is 3. The summed E-state index contributed by atoms with van der Waals surface area (Å²) in [6.07, 6.45) is -1.45. The highest BCUT2D eigenvalue weighted by molar-refractivity contribution is 5.67. The van der Waals surface area contributed by atoms with Gasteiger partial charge in [-0.3, -0.25) is 0 Å². The van der Waals surface area contributed by atoms with E-state index in [1.165, 1.54) is 0 Å². The topological polar surface area (TPSA) is 50.4 Å². The summed E-state index contributed by atoms with van der Waals surface area (Å²) in [5.74, 6) is 0.310. The molecule has 1 aliphatic carbocycles. The van der Waals surface area contributed by atoms with Gasteiger partial charge in [0.25, 0.3) is 0 Å². The van der Waals surface area contributed by atoms with Crippen molar-refractivity contribution < 1.29 is 22.7 Å². The van der Waals surface area contributed by atoms with Crippen LogP contribution in [0, 0.1) is 5.92 Å². The first kappa shape index (κ1) is 20.1. The summed E-state index contributed by atoms with van der Waals surface area (Å²) < 4.78 is 41.4. The Bertz CT molecular complexity index is 367. The molecule has 4 nitrogen and oxygen atoms in total. The van der Waals surface area contributed by atoms with Crippen molar-refractivity contribution in [3.63, 3.8) is 0 Å². The average molecular weight is 338 g/mol. The molecule has 2 N–H and O–H groups in total. The predicted octanol–water partition coefficient (Wildman–Crippen LogP) is 4.00. The number of nitrogens with one attached hydrogen (secondary N) is 2. The van der Waals surface area contributed by atoms with Crippen molar-refractivity contribution in [1.82, 2.24) is 10.6 Å². The fraction of sp³-hybridized carbons (Fsp3) is 0.938. The van der Waals surface area contributed by atoms with Crippen LogP contribution >= 0.6 is 0 Å². The molecule has 0 saturated heterocycles. The second-order valence-electron chi connectivity index (χ2n) is 7.21. The number of carbonyl (C=O) groups is 1. The number of hydrogen-bond donors (Lipinski definition) is 2. The predicted molar refractivity (Wildman–Crippen MR) is 83.3 cm³/mol. The highest BCUT2D eigenvalue weighted by atomic mass is 19.4. The van der Waals surface area contributed by atoms with Crippen molar-refractivity contribution in [1.29, 1.82) is 0 Å². The van der Waals surface area contributed by atoms with Crippen LogP contribution in [0.2, 0.25) is 0 Å². The Hall–Kier alpha value is -0.980. The normalized spacial score (nSPS) is 22.2. The Kier molecular flexibility index (Phi) is 7.64. The Morgan fingerprint density at radius 2 is 1.87 bits per heavy atom. The molecule has 0 aromatic carbocycles. The van der Waals surface area contributed by atoms with Gasteiger partial charge in [0.2, 0.25) is 0 Å². The van der Waals surface area contributed by atoms with Crippen LogP contribution in [0.4, 0.5) is 18.0 Å². The third-order valence-electron chi connectivity index (χ3n) is 3.86. The summed E-state index contributed by atoms with van der Waals surface area (Å²) in [5.41, 5.74) is -0.518. The van der Waals surface area contributed by atoms with E-state index >= 15 is 0 Å². The quantitative estimate of drug-likeness (QED) is 0.690. The molecule has 0 spiro atoms. The molecule has 0 aromatic heterocycles. The van der Waals surface area contributed by atoms with Crippen LogP contribution in [-0.2, 0) is 4.74 Å². The minimum Gasteiger partial charge on any atom is -0.444 e. The van der Waals surface area contributed by atoms with E-state index in [4.69, 9.17) is 4.74 Å². The van der Waals surface area contributed by atoms with E-state index in [-0.39, 0.29) is 12.5 Å². The van der Waals surface area contributed by atoms with Crippen molar-refractivity contribution >= 4 is 6.09 Å². The lowest BCUT2D eigenvalue weighted by atomic mass is 10.0. The lowest BCUT2D eigenvalue weighted by molar-refractivity contribution is -0.135. The molecule has 7 heteroatoms. The maximum atomic E-state index is 12.1. The highest BCUT2D eigenvalue weighted by Gasteiger charge is 2.28. The first-order valence-corrected chi connectivity index (χ1v) is 8.34.